The molecule has 14 heavy (non-hydrogen) atoms. The van der Waals surface area contributed by atoms with Gasteiger partial charge in [0.2, 0.25) is 0 Å². The van der Waals surface area contributed by atoms with Crippen molar-refractivity contribution in [3.63, 3.8) is 0 Å². The van der Waals surface area contributed by atoms with Crippen LogP contribution in [0.4, 0.5) is 5.69 Å². The number of methoxy groups -OCH3 is 1. The van der Waals surface area contributed by atoms with Crippen molar-refractivity contribution in [1.29, 1.82) is 0 Å². The molecule has 1 aromatic rings. The summed E-state index contributed by atoms with van der Waals surface area (Å²) in [6.45, 7) is 0. The number of nitro benzene ring substituents is 1. The highest BCUT2D eigenvalue weighted by Gasteiger charge is 2.38. The Morgan fingerprint density at radius 3 is 2.93 bits per heavy atom. The number of non-ortho nitro benzene ring substituents is 1. The summed E-state index contributed by atoms with van der Waals surface area (Å²) in [5.74, 6) is -1.11. The lowest BCUT2D eigenvalue weighted by atomic mass is 10.1. The minimum atomic E-state index is -2.52. The Hall–Kier alpha value is -1.42. The van der Waals surface area contributed by atoms with E-state index in [1.54, 1.807) is 0 Å². The molecule has 2 rings (SSSR count). The van der Waals surface area contributed by atoms with Crippen LogP contribution in [0.1, 0.15) is 23.4 Å². The molecule has 4 nitrogen and oxygen atoms in total. The number of nitrogens with zero attached hydrogens (tertiary/aromatic N) is 1. The molecule has 0 radical (unpaired) electrons. The molecule has 0 aliphatic heterocycles. The van der Waals surface area contributed by atoms with Gasteiger partial charge in [-0.05, 0) is 12.0 Å². The fourth-order valence-corrected chi connectivity index (χ4v) is 1.35. The fraction of sp³-hybridized carbons (Fsp3) is 0.400. The summed E-state index contributed by atoms with van der Waals surface area (Å²) in [6.07, 6.45) is -0.408. The molecule has 0 N–H and O–H groups in total. The van der Waals surface area contributed by atoms with Crippen molar-refractivity contribution >= 4 is 5.69 Å². The van der Waals surface area contributed by atoms with Gasteiger partial charge in [-0.3, -0.25) is 10.1 Å². The Morgan fingerprint density at radius 2 is 2.36 bits per heavy atom. The molecule has 1 saturated carbocycles. The molecule has 0 bridgehead atoms. The van der Waals surface area contributed by atoms with E-state index >= 15 is 0 Å². The van der Waals surface area contributed by atoms with Gasteiger partial charge < -0.3 is 4.74 Å². The molecule has 0 unspecified atom stereocenters. The van der Waals surface area contributed by atoms with Gasteiger partial charge in [-0.1, -0.05) is 12.1 Å². The molecule has 1 aliphatic carbocycles. The summed E-state index contributed by atoms with van der Waals surface area (Å²) in [5, 5.41) is 10.5. The number of rotatable bonds is 3. The lowest BCUT2D eigenvalue weighted by Gasteiger charge is -1.98. The number of hydrogen-bond donors (Lipinski definition) is 0. The number of hydrogen-bond acceptors (Lipinski definition) is 3. The van der Waals surface area contributed by atoms with E-state index in [0.29, 0.717) is 5.56 Å². The molecular weight excluding hydrogens is 182 g/mol. The molecular formula is C10H11NO3. The largest absolute Gasteiger partial charge is 0.381 e. The van der Waals surface area contributed by atoms with Gasteiger partial charge in [0.1, 0.15) is 0 Å². The van der Waals surface area contributed by atoms with E-state index in [-0.39, 0.29) is 12.1 Å². The SMILES string of the molecule is [2H]C([2H])([2H])O[C@@H]1C[C@@]1([2H])c1ccc([N+](=O)[O-])cc1. The van der Waals surface area contributed by atoms with Gasteiger partial charge in [0.05, 0.1) is 15.1 Å². The van der Waals surface area contributed by atoms with Gasteiger partial charge >= 0.3 is 0 Å². The van der Waals surface area contributed by atoms with Crippen molar-refractivity contribution in [2.24, 2.45) is 0 Å². The summed E-state index contributed by atoms with van der Waals surface area (Å²) in [4.78, 5) is 9.97. The van der Waals surface area contributed by atoms with E-state index in [0.717, 1.165) is 0 Å². The first-order valence-electron chi connectivity index (χ1n) is 6.15. The van der Waals surface area contributed by atoms with Crippen molar-refractivity contribution in [3.05, 3.63) is 39.9 Å². The van der Waals surface area contributed by atoms with Gasteiger partial charge in [0.15, 0.2) is 0 Å². The van der Waals surface area contributed by atoms with Gasteiger partial charge in [-0.25, -0.2) is 0 Å². The van der Waals surface area contributed by atoms with Crippen LogP contribution >= 0.6 is 0 Å². The molecule has 1 aliphatic rings. The van der Waals surface area contributed by atoms with Crippen LogP contribution in [-0.2, 0) is 4.74 Å². The van der Waals surface area contributed by atoms with Gasteiger partial charge in [0.25, 0.3) is 5.69 Å². The second kappa shape index (κ2) is 3.38. The first-order chi connectivity index (χ1) is 8.22. The summed E-state index contributed by atoms with van der Waals surface area (Å²) in [5.41, 5.74) is 0.471. The highest BCUT2D eigenvalue weighted by Crippen LogP contribution is 2.43. The molecule has 0 heterocycles. The lowest BCUT2D eigenvalue weighted by molar-refractivity contribution is -0.384. The number of ether oxygens (including phenoxy) is 1. The second-order valence-electron chi connectivity index (χ2n) is 3.14. The maximum absolute atomic E-state index is 10.5. The van der Waals surface area contributed by atoms with Crippen LogP contribution in [-0.4, -0.2) is 18.1 Å². The third-order valence-electron chi connectivity index (χ3n) is 2.23. The van der Waals surface area contributed by atoms with Crippen LogP contribution in [0.3, 0.4) is 0 Å². The average Bonchev–Trinajstić information content (AvgIpc) is 2.88. The van der Waals surface area contributed by atoms with Crippen molar-refractivity contribution < 1.29 is 15.1 Å². The zero-order valence-corrected chi connectivity index (χ0v) is 7.27. The Bertz CT molecular complexity index is 473. The smallest absolute Gasteiger partial charge is 0.269 e. The van der Waals surface area contributed by atoms with E-state index < -0.39 is 24.0 Å². The van der Waals surface area contributed by atoms with Gasteiger partial charge in [0, 0.05) is 26.4 Å². The lowest BCUT2D eigenvalue weighted by Crippen LogP contribution is -1.92. The standard InChI is InChI=1S/C10H11NO3/c1-14-10-6-9(10)7-2-4-8(5-3-7)11(12)13/h2-5,9-10H,6H2,1H3/t9-,10+/m0/s1/i1D3,9D. The Kier molecular flexibility index (Phi) is 1.32. The maximum Gasteiger partial charge on any atom is 0.269 e. The molecule has 4 heteroatoms. The molecule has 74 valence electrons. The summed E-state index contributed by atoms with van der Waals surface area (Å²) < 4.78 is 33.7. The normalized spacial score (nSPS) is 35.0. The van der Waals surface area contributed by atoms with Crippen LogP contribution in [0.2, 0.25) is 0 Å². The Balaban J connectivity index is 2.11. The Morgan fingerprint density at radius 1 is 1.64 bits per heavy atom. The van der Waals surface area contributed by atoms with Crippen LogP contribution in [0.15, 0.2) is 24.3 Å². The van der Waals surface area contributed by atoms with Crippen molar-refractivity contribution in [1.82, 2.24) is 0 Å². The van der Waals surface area contributed by atoms with E-state index in [9.17, 15) is 10.1 Å². The van der Waals surface area contributed by atoms with Crippen LogP contribution < -0.4 is 0 Å². The van der Waals surface area contributed by atoms with Crippen LogP contribution in [0, 0.1) is 10.1 Å². The van der Waals surface area contributed by atoms with Gasteiger partial charge in [-0.15, -0.1) is 0 Å². The highest BCUT2D eigenvalue weighted by atomic mass is 16.6. The van der Waals surface area contributed by atoms with Crippen molar-refractivity contribution in [2.45, 2.75) is 18.4 Å². The first-order valence-corrected chi connectivity index (χ1v) is 4.15. The Labute approximate surface area is 87.3 Å². The van der Waals surface area contributed by atoms with E-state index in [4.69, 9.17) is 10.2 Å². The highest BCUT2D eigenvalue weighted by molar-refractivity contribution is 5.36. The van der Waals surface area contributed by atoms with E-state index in [1.807, 2.05) is 0 Å². The zero-order chi connectivity index (χ0) is 13.6. The van der Waals surface area contributed by atoms with Crippen LogP contribution in [0.25, 0.3) is 0 Å². The predicted molar refractivity (Wildman–Crippen MR) is 51.3 cm³/mol. The molecule has 0 spiro atoms. The summed E-state index contributed by atoms with van der Waals surface area (Å²) >= 11 is 0. The maximum atomic E-state index is 10.5. The summed E-state index contributed by atoms with van der Waals surface area (Å²) in [7, 11) is -2.52. The van der Waals surface area contributed by atoms with E-state index in [2.05, 4.69) is 0 Å². The second-order valence-corrected chi connectivity index (χ2v) is 3.14. The first kappa shape index (κ1) is 5.46. The van der Waals surface area contributed by atoms with E-state index in [1.165, 1.54) is 24.3 Å². The van der Waals surface area contributed by atoms with Crippen LogP contribution in [0.5, 0.6) is 0 Å². The minimum absolute atomic E-state index is 0.0590. The zero-order valence-electron chi connectivity index (χ0n) is 11.3. The number of nitro groups is 1. The fourth-order valence-electron chi connectivity index (χ4n) is 1.35. The molecule has 0 aromatic heterocycles. The molecule has 0 amide bonds. The van der Waals surface area contributed by atoms with Crippen molar-refractivity contribution in [2.75, 3.05) is 7.04 Å². The summed E-state index contributed by atoms with van der Waals surface area (Å²) in [6, 6.07) is 5.54. The molecule has 0 saturated heterocycles. The minimum Gasteiger partial charge on any atom is -0.381 e. The molecule has 1 aromatic carbocycles. The van der Waals surface area contributed by atoms with Crippen molar-refractivity contribution in [3.8, 4) is 0 Å². The third kappa shape index (κ3) is 1.61. The quantitative estimate of drug-likeness (QED) is 0.550. The predicted octanol–water partition coefficient (Wildman–Crippen LogP) is 2.10. The van der Waals surface area contributed by atoms with Gasteiger partial charge in [-0.2, -0.15) is 0 Å². The molecule has 2 atom stereocenters. The molecule has 1 fully saturated rings. The number of benzene rings is 1. The topological polar surface area (TPSA) is 52.4 Å². The third-order valence-corrected chi connectivity index (χ3v) is 2.23. The average molecular weight is 197 g/mol. The monoisotopic (exact) mass is 197 g/mol.